The zero-order valence-corrected chi connectivity index (χ0v) is 14.7. The molecule has 130 valence electrons. The molecule has 0 bridgehead atoms. The van der Waals surface area contributed by atoms with Gasteiger partial charge in [-0.2, -0.15) is 0 Å². The maximum atomic E-state index is 12.4. The molecule has 0 aliphatic carbocycles. The number of para-hydroxylation sites is 1. The van der Waals surface area contributed by atoms with Gasteiger partial charge in [-0.15, -0.1) is 0 Å². The molecule has 1 heterocycles. The maximum absolute atomic E-state index is 12.4. The highest BCUT2D eigenvalue weighted by Crippen LogP contribution is 2.46. The standard InChI is InChI=1S/C21H15ClO4/c1-25-21(24)20-17(23)10-15(12-5-4-6-13(22)9-12)16-11-26-18-8-3-2-7-14(18)19(16)20/h2-10,23H,11H2,1H3. The van der Waals surface area contributed by atoms with Crippen molar-refractivity contribution in [2.75, 3.05) is 7.11 Å². The average Bonchev–Trinajstić information content (AvgIpc) is 2.66. The Morgan fingerprint density at radius 2 is 1.92 bits per heavy atom. The fraction of sp³-hybridized carbons (Fsp3) is 0.0952. The van der Waals surface area contributed by atoms with Crippen LogP contribution < -0.4 is 4.74 Å². The van der Waals surface area contributed by atoms with Crippen LogP contribution in [0.25, 0.3) is 22.3 Å². The molecule has 5 heteroatoms. The van der Waals surface area contributed by atoms with Gasteiger partial charge in [0, 0.05) is 21.7 Å². The largest absolute Gasteiger partial charge is 0.507 e. The summed E-state index contributed by atoms with van der Waals surface area (Å²) < 4.78 is 10.8. The van der Waals surface area contributed by atoms with E-state index in [9.17, 15) is 9.90 Å². The number of fused-ring (bicyclic) bond motifs is 3. The van der Waals surface area contributed by atoms with E-state index in [1.54, 1.807) is 12.1 Å². The molecule has 1 aliphatic heterocycles. The maximum Gasteiger partial charge on any atom is 0.342 e. The Kier molecular flexibility index (Phi) is 4.05. The van der Waals surface area contributed by atoms with Crippen LogP contribution in [0.15, 0.2) is 54.6 Å². The number of methoxy groups -OCH3 is 1. The fourth-order valence-electron chi connectivity index (χ4n) is 3.33. The summed E-state index contributed by atoms with van der Waals surface area (Å²) in [6, 6.07) is 16.3. The number of halogens is 1. The van der Waals surface area contributed by atoms with Crippen LogP contribution in [-0.4, -0.2) is 18.2 Å². The van der Waals surface area contributed by atoms with Gasteiger partial charge in [0.2, 0.25) is 0 Å². The normalized spacial score (nSPS) is 11.9. The molecule has 0 radical (unpaired) electrons. The predicted molar refractivity (Wildman–Crippen MR) is 99.7 cm³/mol. The SMILES string of the molecule is COC(=O)c1c(O)cc(-c2cccc(Cl)c2)c2c1-c1ccccc1OC2. The van der Waals surface area contributed by atoms with Crippen molar-refractivity contribution < 1.29 is 19.4 Å². The van der Waals surface area contributed by atoms with E-state index >= 15 is 0 Å². The van der Waals surface area contributed by atoms with Crippen molar-refractivity contribution in [1.29, 1.82) is 0 Å². The van der Waals surface area contributed by atoms with Crippen molar-refractivity contribution >= 4 is 17.6 Å². The van der Waals surface area contributed by atoms with Gasteiger partial charge in [-0.05, 0) is 35.4 Å². The smallest absolute Gasteiger partial charge is 0.342 e. The molecule has 4 rings (SSSR count). The molecule has 0 amide bonds. The van der Waals surface area contributed by atoms with Crippen molar-refractivity contribution in [3.05, 3.63) is 70.7 Å². The quantitative estimate of drug-likeness (QED) is 0.644. The van der Waals surface area contributed by atoms with Crippen molar-refractivity contribution in [3.63, 3.8) is 0 Å². The zero-order valence-electron chi connectivity index (χ0n) is 14.0. The number of aromatic hydroxyl groups is 1. The second-order valence-electron chi connectivity index (χ2n) is 5.96. The predicted octanol–water partition coefficient (Wildman–Crippen LogP) is 5.06. The molecule has 0 saturated carbocycles. The van der Waals surface area contributed by atoms with Gasteiger partial charge in [-0.3, -0.25) is 0 Å². The van der Waals surface area contributed by atoms with Crippen molar-refractivity contribution in [3.8, 4) is 33.8 Å². The van der Waals surface area contributed by atoms with Crippen LogP contribution in [-0.2, 0) is 11.3 Å². The lowest BCUT2D eigenvalue weighted by atomic mass is 9.86. The van der Waals surface area contributed by atoms with Gasteiger partial charge in [0.05, 0.1) is 7.11 Å². The number of benzene rings is 3. The lowest BCUT2D eigenvalue weighted by molar-refractivity contribution is 0.0598. The highest BCUT2D eigenvalue weighted by molar-refractivity contribution is 6.30. The van der Waals surface area contributed by atoms with E-state index < -0.39 is 5.97 Å². The Balaban J connectivity index is 2.08. The summed E-state index contributed by atoms with van der Waals surface area (Å²) in [5.74, 6) is -0.0665. The van der Waals surface area contributed by atoms with E-state index in [4.69, 9.17) is 21.1 Å². The van der Waals surface area contributed by atoms with Crippen molar-refractivity contribution in [1.82, 2.24) is 0 Å². The Hall–Kier alpha value is -2.98. The Morgan fingerprint density at radius 1 is 1.12 bits per heavy atom. The van der Waals surface area contributed by atoms with Crippen molar-refractivity contribution in [2.45, 2.75) is 6.61 Å². The molecule has 0 atom stereocenters. The molecule has 0 spiro atoms. The third kappa shape index (κ3) is 2.59. The number of carbonyl (C=O) groups excluding carboxylic acids is 1. The Labute approximate surface area is 155 Å². The number of carbonyl (C=O) groups is 1. The van der Waals surface area contributed by atoms with Crippen LogP contribution >= 0.6 is 11.6 Å². The molecule has 0 unspecified atom stereocenters. The number of hydrogen-bond acceptors (Lipinski definition) is 4. The first-order valence-electron chi connectivity index (χ1n) is 8.05. The van der Waals surface area contributed by atoms with Crippen LogP contribution in [0.5, 0.6) is 11.5 Å². The topological polar surface area (TPSA) is 55.8 Å². The van der Waals surface area contributed by atoms with E-state index in [2.05, 4.69) is 0 Å². The van der Waals surface area contributed by atoms with Gasteiger partial charge in [0.15, 0.2) is 0 Å². The molecular formula is C21H15ClO4. The summed E-state index contributed by atoms with van der Waals surface area (Å²) in [6.07, 6.45) is 0. The van der Waals surface area contributed by atoms with Crippen LogP contribution in [0.3, 0.4) is 0 Å². The number of phenols is 1. The van der Waals surface area contributed by atoms with Crippen LogP contribution in [0.4, 0.5) is 0 Å². The molecule has 0 fully saturated rings. The second kappa shape index (κ2) is 6.39. The molecule has 1 aliphatic rings. The lowest BCUT2D eigenvalue weighted by Gasteiger charge is -2.26. The summed E-state index contributed by atoms with van der Waals surface area (Å²) in [5, 5.41) is 11.2. The highest BCUT2D eigenvalue weighted by atomic mass is 35.5. The third-order valence-corrected chi connectivity index (χ3v) is 4.70. The fourth-order valence-corrected chi connectivity index (χ4v) is 3.52. The van der Waals surface area contributed by atoms with E-state index in [0.29, 0.717) is 16.3 Å². The molecule has 0 saturated heterocycles. The summed E-state index contributed by atoms with van der Waals surface area (Å²) in [6.45, 7) is 0.276. The summed E-state index contributed by atoms with van der Waals surface area (Å²) in [5.41, 5.74) is 3.93. The summed E-state index contributed by atoms with van der Waals surface area (Å²) in [4.78, 5) is 12.4. The van der Waals surface area contributed by atoms with Gasteiger partial charge < -0.3 is 14.6 Å². The number of ether oxygens (including phenoxy) is 2. The number of hydrogen-bond donors (Lipinski definition) is 1. The summed E-state index contributed by atoms with van der Waals surface area (Å²) in [7, 11) is 1.30. The molecule has 26 heavy (non-hydrogen) atoms. The molecule has 3 aromatic carbocycles. The minimum absolute atomic E-state index is 0.137. The summed E-state index contributed by atoms with van der Waals surface area (Å²) >= 11 is 6.14. The van der Waals surface area contributed by atoms with Gasteiger partial charge in [-0.1, -0.05) is 41.9 Å². The van der Waals surface area contributed by atoms with Gasteiger partial charge in [0.25, 0.3) is 0 Å². The first kappa shape index (κ1) is 16.5. The molecule has 1 N–H and O–H groups in total. The first-order chi connectivity index (χ1) is 12.6. The van der Waals surface area contributed by atoms with Crippen molar-refractivity contribution in [2.24, 2.45) is 0 Å². The van der Waals surface area contributed by atoms with Gasteiger partial charge in [0.1, 0.15) is 23.7 Å². The molecule has 4 nitrogen and oxygen atoms in total. The molecule has 0 aromatic heterocycles. The van der Waals surface area contributed by atoms with Crippen LogP contribution in [0, 0.1) is 0 Å². The molecule has 3 aromatic rings. The van der Waals surface area contributed by atoms with Crippen LogP contribution in [0.1, 0.15) is 15.9 Å². The van der Waals surface area contributed by atoms with E-state index in [0.717, 1.165) is 22.3 Å². The number of phenolic OH excluding ortho intramolecular Hbond substituents is 1. The van der Waals surface area contributed by atoms with Crippen LogP contribution in [0.2, 0.25) is 5.02 Å². The van der Waals surface area contributed by atoms with Gasteiger partial charge >= 0.3 is 5.97 Å². The number of esters is 1. The monoisotopic (exact) mass is 366 g/mol. The first-order valence-corrected chi connectivity index (χ1v) is 8.43. The second-order valence-corrected chi connectivity index (χ2v) is 6.40. The van der Waals surface area contributed by atoms with E-state index in [1.165, 1.54) is 7.11 Å². The van der Waals surface area contributed by atoms with E-state index in [1.807, 2.05) is 42.5 Å². The zero-order chi connectivity index (χ0) is 18.3. The highest BCUT2D eigenvalue weighted by Gasteiger charge is 2.29. The Bertz CT molecular complexity index is 1030. The Morgan fingerprint density at radius 3 is 2.69 bits per heavy atom. The average molecular weight is 367 g/mol. The van der Waals surface area contributed by atoms with E-state index in [-0.39, 0.29) is 17.9 Å². The lowest BCUT2D eigenvalue weighted by Crippen LogP contribution is -2.13. The number of rotatable bonds is 2. The third-order valence-electron chi connectivity index (χ3n) is 4.47. The molecular weight excluding hydrogens is 352 g/mol. The van der Waals surface area contributed by atoms with Gasteiger partial charge in [-0.25, -0.2) is 4.79 Å². The minimum atomic E-state index is -0.590. The minimum Gasteiger partial charge on any atom is -0.507 e.